The molecule has 3 N–H and O–H groups in total. The lowest BCUT2D eigenvalue weighted by atomic mass is 10.1. The summed E-state index contributed by atoms with van der Waals surface area (Å²) in [5.41, 5.74) is 0.889. The van der Waals surface area contributed by atoms with Gasteiger partial charge in [-0.25, -0.2) is 17.5 Å². The van der Waals surface area contributed by atoms with E-state index in [1.165, 1.54) is 29.0 Å². The second kappa shape index (κ2) is 8.20. The van der Waals surface area contributed by atoms with Gasteiger partial charge in [-0.05, 0) is 30.7 Å². The van der Waals surface area contributed by atoms with Crippen molar-refractivity contribution >= 4 is 45.6 Å². The molecule has 0 radical (unpaired) electrons. The van der Waals surface area contributed by atoms with Crippen molar-refractivity contribution in [3.05, 3.63) is 41.5 Å². The smallest absolute Gasteiger partial charge is 0.276 e. The number of fused-ring (bicyclic) bond motifs is 2. The van der Waals surface area contributed by atoms with Crippen LogP contribution in [0.1, 0.15) is 16.1 Å². The predicted molar refractivity (Wildman–Crippen MR) is 116 cm³/mol. The number of aromatic nitrogens is 1. The Hall–Kier alpha value is -1.70. The number of halogens is 2. The lowest BCUT2D eigenvalue weighted by Crippen LogP contribution is -2.43. The monoisotopic (exact) mass is 536 g/mol. The van der Waals surface area contributed by atoms with E-state index in [1.54, 1.807) is 14.0 Å². The van der Waals surface area contributed by atoms with Crippen LogP contribution in [0.15, 0.2) is 29.3 Å². The maximum absolute atomic E-state index is 13.5. The van der Waals surface area contributed by atoms with E-state index in [1.807, 2.05) is 0 Å². The van der Waals surface area contributed by atoms with Crippen LogP contribution in [0, 0.1) is 18.7 Å². The van der Waals surface area contributed by atoms with E-state index in [9.17, 15) is 17.6 Å². The van der Waals surface area contributed by atoms with Crippen molar-refractivity contribution in [3.63, 3.8) is 0 Å². The van der Waals surface area contributed by atoms with Crippen molar-refractivity contribution in [1.82, 2.24) is 14.6 Å². The number of ether oxygens (including phenoxy) is 1. The highest BCUT2D eigenvalue weighted by molar-refractivity contribution is 14.0. The number of carbonyl (C=O) groups is 1. The summed E-state index contributed by atoms with van der Waals surface area (Å²) >= 11 is 0. The van der Waals surface area contributed by atoms with Crippen molar-refractivity contribution < 1.29 is 22.3 Å². The minimum Gasteiger partial charge on any atom is -0.489 e. The van der Waals surface area contributed by atoms with Crippen LogP contribution in [0.4, 0.5) is 10.1 Å². The first-order valence-corrected chi connectivity index (χ1v) is 10.4. The van der Waals surface area contributed by atoms with Gasteiger partial charge in [0.2, 0.25) is 10.0 Å². The average molecular weight is 536 g/mol. The molecular formula is C18H22FIN4O4S. The summed E-state index contributed by atoms with van der Waals surface area (Å²) in [6.45, 7) is 3.04. The van der Waals surface area contributed by atoms with Crippen molar-refractivity contribution in [2.75, 3.05) is 25.0 Å². The average Bonchev–Trinajstić information content (AvgIpc) is 3.18. The van der Waals surface area contributed by atoms with Crippen molar-refractivity contribution in [2.45, 2.75) is 17.9 Å². The lowest BCUT2D eigenvalue weighted by Gasteiger charge is -2.24. The zero-order valence-corrected chi connectivity index (χ0v) is 19.0. The second-order valence-corrected chi connectivity index (χ2v) is 8.84. The SMILES string of the molecule is Cc1cc(NC(=O)c2c3c(cn2C)S(=O)(=O)NC2CNCC2CO3)ccc1F.I. The van der Waals surface area contributed by atoms with Gasteiger partial charge in [0.25, 0.3) is 5.91 Å². The molecule has 1 aromatic heterocycles. The molecule has 158 valence electrons. The zero-order chi connectivity index (χ0) is 20.1. The van der Waals surface area contributed by atoms with Gasteiger partial charge in [-0.3, -0.25) is 4.79 Å². The number of sulfonamides is 1. The summed E-state index contributed by atoms with van der Waals surface area (Å²) < 4.78 is 49.0. The summed E-state index contributed by atoms with van der Waals surface area (Å²) in [4.78, 5) is 12.8. The topological polar surface area (TPSA) is 101 Å². The second-order valence-electron chi connectivity index (χ2n) is 7.16. The number of hydrogen-bond acceptors (Lipinski definition) is 5. The van der Waals surface area contributed by atoms with Gasteiger partial charge in [-0.1, -0.05) is 0 Å². The van der Waals surface area contributed by atoms with Crippen LogP contribution < -0.4 is 20.1 Å². The van der Waals surface area contributed by atoms with Gasteiger partial charge < -0.3 is 19.9 Å². The van der Waals surface area contributed by atoms with Gasteiger partial charge in [0, 0.05) is 44.0 Å². The molecule has 2 unspecified atom stereocenters. The van der Waals surface area contributed by atoms with Gasteiger partial charge in [-0.2, -0.15) is 0 Å². The molecular weight excluding hydrogens is 514 g/mol. The fraction of sp³-hybridized carbons (Fsp3) is 0.389. The summed E-state index contributed by atoms with van der Waals surface area (Å²) in [5, 5.41) is 5.82. The standard InChI is InChI=1S/C18H21FN4O4S.HI/c1-10-5-12(3-4-13(10)19)21-18(24)16-17-15(8-23(16)2)28(25,26)22-14-7-20-6-11(14)9-27-17;/h3-5,8,11,14,20,22H,6-7,9H2,1-2H3,(H,21,24);1H. The van der Waals surface area contributed by atoms with E-state index in [4.69, 9.17) is 4.74 Å². The Morgan fingerprint density at radius 3 is 2.83 bits per heavy atom. The van der Waals surface area contributed by atoms with E-state index < -0.39 is 15.9 Å². The van der Waals surface area contributed by atoms with Crippen LogP contribution in [0.3, 0.4) is 0 Å². The maximum atomic E-state index is 13.5. The molecule has 2 aliphatic rings. The fourth-order valence-electron chi connectivity index (χ4n) is 3.58. The molecule has 2 aliphatic heterocycles. The molecule has 4 rings (SSSR count). The molecule has 2 atom stereocenters. The van der Waals surface area contributed by atoms with Crippen LogP contribution in [0.5, 0.6) is 5.75 Å². The third kappa shape index (κ3) is 4.13. The molecule has 1 aromatic carbocycles. The van der Waals surface area contributed by atoms with Crippen molar-refractivity contribution in [3.8, 4) is 5.75 Å². The number of carbonyl (C=O) groups excluding carboxylic acids is 1. The molecule has 11 heteroatoms. The number of amides is 1. The highest BCUT2D eigenvalue weighted by Crippen LogP contribution is 2.33. The summed E-state index contributed by atoms with van der Waals surface area (Å²) in [6, 6.07) is 3.96. The molecule has 2 aromatic rings. The van der Waals surface area contributed by atoms with Crippen molar-refractivity contribution in [1.29, 1.82) is 0 Å². The van der Waals surface area contributed by atoms with Gasteiger partial charge >= 0.3 is 0 Å². The molecule has 1 fully saturated rings. The fourth-order valence-corrected chi connectivity index (χ4v) is 5.08. The van der Waals surface area contributed by atoms with Crippen LogP contribution in [-0.4, -0.2) is 44.6 Å². The largest absolute Gasteiger partial charge is 0.489 e. The Balaban J connectivity index is 0.00000240. The molecule has 0 spiro atoms. The quantitative estimate of drug-likeness (QED) is 0.507. The Bertz CT molecular complexity index is 1060. The van der Waals surface area contributed by atoms with Gasteiger partial charge in [0.1, 0.15) is 10.7 Å². The molecule has 1 amide bonds. The third-order valence-electron chi connectivity index (χ3n) is 5.11. The van der Waals surface area contributed by atoms with Gasteiger partial charge in [0.15, 0.2) is 11.4 Å². The van der Waals surface area contributed by atoms with Crippen LogP contribution in [-0.2, 0) is 17.1 Å². The van der Waals surface area contributed by atoms with Crippen molar-refractivity contribution in [2.24, 2.45) is 13.0 Å². The molecule has 3 heterocycles. The minimum absolute atomic E-state index is 0. The number of benzene rings is 1. The van der Waals surface area contributed by atoms with E-state index in [2.05, 4.69) is 15.4 Å². The summed E-state index contributed by atoms with van der Waals surface area (Å²) in [5.74, 6) is -0.913. The Kier molecular flexibility index (Phi) is 6.22. The lowest BCUT2D eigenvalue weighted by molar-refractivity contribution is 0.101. The highest BCUT2D eigenvalue weighted by atomic mass is 127. The van der Waals surface area contributed by atoms with Gasteiger partial charge in [0.05, 0.1) is 6.61 Å². The number of hydrogen-bond donors (Lipinski definition) is 3. The first-order valence-electron chi connectivity index (χ1n) is 8.89. The molecule has 0 bridgehead atoms. The Labute approximate surface area is 185 Å². The Morgan fingerprint density at radius 1 is 1.34 bits per heavy atom. The van der Waals surface area contributed by atoms with E-state index in [0.717, 1.165) is 0 Å². The molecule has 0 saturated carbocycles. The highest BCUT2D eigenvalue weighted by Gasteiger charge is 2.38. The molecule has 1 saturated heterocycles. The van der Waals surface area contributed by atoms with E-state index >= 15 is 0 Å². The molecule has 29 heavy (non-hydrogen) atoms. The summed E-state index contributed by atoms with van der Waals surface area (Å²) in [7, 11) is -2.26. The normalized spacial score (nSPS) is 22.3. The first kappa shape index (κ1) is 22.0. The number of nitrogens with zero attached hydrogens (tertiary/aromatic N) is 1. The van der Waals surface area contributed by atoms with E-state index in [0.29, 0.717) is 24.3 Å². The minimum atomic E-state index is -3.84. The van der Waals surface area contributed by atoms with Crippen LogP contribution in [0.25, 0.3) is 0 Å². The van der Waals surface area contributed by atoms with Crippen LogP contribution >= 0.6 is 24.0 Å². The zero-order valence-electron chi connectivity index (χ0n) is 15.9. The number of anilines is 1. The Morgan fingerprint density at radius 2 is 2.10 bits per heavy atom. The van der Waals surface area contributed by atoms with Crippen LogP contribution in [0.2, 0.25) is 0 Å². The molecule has 0 aliphatic carbocycles. The van der Waals surface area contributed by atoms with Gasteiger partial charge in [-0.15, -0.1) is 24.0 Å². The summed E-state index contributed by atoms with van der Waals surface area (Å²) in [6.07, 6.45) is 1.37. The predicted octanol–water partition coefficient (Wildman–Crippen LogP) is 1.60. The van der Waals surface area contributed by atoms with E-state index in [-0.39, 0.29) is 64.7 Å². The third-order valence-corrected chi connectivity index (χ3v) is 6.59. The maximum Gasteiger partial charge on any atom is 0.276 e. The number of rotatable bonds is 2. The number of nitrogens with one attached hydrogen (secondary N) is 3. The molecule has 8 nitrogen and oxygen atoms in total. The number of aryl methyl sites for hydroxylation is 2. The first-order chi connectivity index (χ1) is 13.3.